The number of nitrogen functional groups attached to an aromatic ring is 1. The minimum atomic E-state index is -3.52. The van der Waals surface area contributed by atoms with Crippen LogP contribution in [0.1, 0.15) is 45.1 Å². The molecule has 1 rings (SSSR count). The number of unbranched alkanes of at least 4 members (excludes halogenated alkanes) is 2. The zero-order valence-corrected chi connectivity index (χ0v) is 12.8. The van der Waals surface area contributed by atoms with Crippen molar-refractivity contribution in [2.24, 2.45) is 0 Å². The van der Waals surface area contributed by atoms with E-state index >= 15 is 0 Å². The van der Waals surface area contributed by atoms with E-state index in [1.165, 1.54) is 0 Å². The summed E-state index contributed by atoms with van der Waals surface area (Å²) in [6.45, 7) is 5.90. The van der Waals surface area contributed by atoms with E-state index in [9.17, 15) is 8.42 Å². The van der Waals surface area contributed by atoms with Gasteiger partial charge in [0.1, 0.15) is 4.90 Å². The summed E-state index contributed by atoms with van der Waals surface area (Å²) in [4.78, 5) is 0.167. The number of hydrogen-bond donors (Lipinski definition) is 2. The van der Waals surface area contributed by atoms with E-state index in [2.05, 4.69) is 11.6 Å². The van der Waals surface area contributed by atoms with Crippen LogP contribution < -0.4 is 10.5 Å². The maximum atomic E-state index is 12.2. The molecule has 0 aromatic heterocycles. The molecule has 0 aliphatic rings. The van der Waals surface area contributed by atoms with Gasteiger partial charge >= 0.3 is 0 Å². The third kappa shape index (κ3) is 4.84. The van der Waals surface area contributed by atoms with Crippen molar-refractivity contribution >= 4 is 15.7 Å². The van der Waals surface area contributed by atoms with Gasteiger partial charge in [-0.05, 0) is 38.0 Å². The van der Waals surface area contributed by atoms with Crippen LogP contribution >= 0.6 is 0 Å². The molecule has 5 heteroatoms. The van der Waals surface area contributed by atoms with Crippen LogP contribution in [-0.4, -0.2) is 14.5 Å². The quantitative estimate of drug-likeness (QED) is 0.597. The van der Waals surface area contributed by atoms with Gasteiger partial charge in [0.2, 0.25) is 10.0 Å². The monoisotopic (exact) mass is 284 g/mol. The first-order chi connectivity index (χ1) is 8.86. The number of anilines is 1. The Kier molecular flexibility index (Phi) is 5.82. The number of hydrogen-bond acceptors (Lipinski definition) is 3. The molecule has 0 fully saturated rings. The fourth-order valence-electron chi connectivity index (χ4n) is 2.00. The average Bonchev–Trinajstić information content (AvgIpc) is 2.27. The molecule has 108 valence electrons. The van der Waals surface area contributed by atoms with E-state index < -0.39 is 10.0 Å². The minimum Gasteiger partial charge on any atom is -0.398 e. The maximum absolute atomic E-state index is 12.2. The molecule has 4 nitrogen and oxygen atoms in total. The Morgan fingerprint density at radius 2 is 2.00 bits per heavy atom. The highest BCUT2D eigenvalue weighted by atomic mass is 32.2. The van der Waals surface area contributed by atoms with Crippen LogP contribution in [0.4, 0.5) is 5.69 Å². The van der Waals surface area contributed by atoms with Crippen molar-refractivity contribution in [3.8, 4) is 0 Å². The molecular weight excluding hydrogens is 260 g/mol. The molecular formula is C14H24N2O2S. The molecule has 0 bridgehead atoms. The zero-order valence-electron chi connectivity index (χ0n) is 11.9. The number of aryl methyl sites for hydroxylation is 1. The Morgan fingerprint density at radius 3 is 2.58 bits per heavy atom. The molecule has 0 aliphatic heterocycles. The summed E-state index contributed by atoms with van der Waals surface area (Å²) in [5, 5.41) is 0. The van der Waals surface area contributed by atoms with Crippen LogP contribution in [0.2, 0.25) is 0 Å². The highest BCUT2D eigenvalue weighted by Gasteiger charge is 2.19. The second kappa shape index (κ2) is 6.91. The lowest BCUT2D eigenvalue weighted by Crippen LogP contribution is -2.33. The van der Waals surface area contributed by atoms with Crippen molar-refractivity contribution in [3.05, 3.63) is 23.8 Å². The number of nitrogens with one attached hydrogen (secondary N) is 1. The number of rotatable bonds is 7. The summed E-state index contributed by atoms with van der Waals surface area (Å²) in [6.07, 6.45) is 4.13. The molecule has 0 radical (unpaired) electrons. The van der Waals surface area contributed by atoms with Gasteiger partial charge < -0.3 is 5.73 Å². The van der Waals surface area contributed by atoms with E-state index in [0.717, 1.165) is 31.2 Å². The van der Waals surface area contributed by atoms with Crippen LogP contribution in [0.5, 0.6) is 0 Å². The van der Waals surface area contributed by atoms with Gasteiger partial charge in [-0.25, -0.2) is 13.1 Å². The molecule has 0 amide bonds. The Bertz CT molecular complexity index is 512. The fraction of sp³-hybridized carbons (Fsp3) is 0.571. The van der Waals surface area contributed by atoms with Gasteiger partial charge in [-0.3, -0.25) is 0 Å². The standard InChI is InChI=1S/C14H24N2O2S/c1-4-5-6-7-12(3)16-19(17,18)14-9-8-11(2)10-13(14)15/h8-10,12,16H,4-7,15H2,1-3H3. The normalized spacial score (nSPS) is 13.4. The fourth-order valence-corrected chi connectivity index (χ4v) is 3.39. The summed E-state index contributed by atoms with van der Waals surface area (Å²) in [6, 6.07) is 4.92. The van der Waals surface area contributed by atoms with E-state index in [-0.39, 0.29) is 10.9 Å². The lowest BCUT2D eigenvalue weighted by atomic mass is 10.1. The van der Waals surface area contributed by atoms with Crippen molar-refractivity contribution in [1.29, 1.82) is 0 Å². The molecule has 1 aromatic rings. The van der Waals surface area contributed by atoms with Gasteiger partial charge in [0.15, 0.2) is 0 Å². The SMILES string of the molecule is CCCCCC(C)NS(=O)(=O)c1ccc(C)cc1N. The van der Waals surface area contributed by atoms with Crippen LogP contribution in [-0.2, 0) is 10.0 Å². The average molecular weight is 284 g/mol. The van der Waals surface area contributed by atoms with Crippen LogP contribution in [0, 0.1) is 6.92 Å². The molecule has 0 spiro atoms. The topological polar surface area (TPSA) is 72.2 Å². The second-order valence-electron chi connectivity index (χ2n) is 5.06. The predicted molar refractivity (Wildman–Crippen MR) is 79.5 cm³/mol. The van der Waals surface area contributed by atoms with Crippen molar-refractivity contribution in [2.45, 2.75) is 57.4 Å². The number of nitrogens with two attached hydrogens (primary N) is 1. The van der Waals surface area contributed by atoms with Gasteiger partial charge in [0.25, 0.3) is 0 Å². The van der Waals surface area contributed by atoms with E-state index in [1.807, 2.05) is 13.8 Å². The van der Waals surface area contributed by atoms with Crippen molar-refractivity contribution < 1.29 is 8.42 Å². The summed E-state index contributed by atoms with van der Waals surface area (Å²) in [5.74, 6) is 0. The van der Waals surface area contributed by atoms with Crippen molar-refractivity contribution in [2.75, 3.05) is 5.73 Å². The third-order valence-corrected chi connectivity index (χ3v) is 4.72. The molecule has 19 heavy (non-hydrogen) atoms. The number of sulfonamides is 1. The van der Waals surface area contributed by atoms with Gasteiger partial charge in [0.05, 0.1) is 5.69 Å². The molecule has 1 atom stereocenters. The lowest BCUT2D eigenvalue weighted by Gasteiger charge is -2.15. The molecule has 0 saturated carbocycles. The highest BCUT2D eigenvalue weighted by Crippen LogP contribution is 2.20. The number of benzene rings is 1. The molecule has 0 saturated heterocycles. The molecule has 0 heterocycles. The van der Waals surface area contributed by atoms with Gasteiger partial charge in [-0.15, -0.1) is 0 Å². The van der Waals surface area contributed by atoms with Crippen LogP contribution in [0.25, 0.3) is 0 Å². The van der Waals surface area contributed by atoms with Crippen LogP contribution in [0.15, 0.2) is 23.1 Å². The first-order valence-electron chi connectivity index (χ1n) is 6.75. The van der Waals surface area contributed by atoms with E-state index in [4.69, 9.17) is 5.73 Å². The Morgan fingerprint density at radius 1 is 1.32 bits per heavy atom. The molecule has 3 N–H and O–H groups in total. The largest absolute Gasteiger partial charge is 0.398 e. The van der Waals surface area contributed by atoms with Crippen molar-refractivity contribution in [3.63, 3.8) is 0 Å². The maximum Gasteiger partial charge on any atom is 0.242 e. The summed E-state index contributed by atoms with van der Waals surface area (Å²) < 4.78 is 27.1. The van der Waals surface area contributed by atoms with Crippen molar-refractivity contribution in [1.82, 2.24) is 4.72 Å². The molecule has 0 aliphatic carbocycles. The van der Waals surface area contributed by atoms with E-state index in [0.29, 0.717) is 5.69 Å². The zero-order chi connectivity index (χ0) is 14.5. The Labute approximate surface area is 116 Å². The van der Waals surface area contributed by atoms with Gasteiger partial charge in [-0.1, -0.05) is 32.3 Å². The summed E-state index contributed by atoms with van der Waals surface area (Å²) in [7, 11) is -3.52. The van der Waals surface area contributed by atoms with Gasteiger partial charge in [-0.2, -0.15) is 0 Å². The lowest BCUT2D eigenvalue weighted by molar-refractivity contribution is 0.527. The Hall–Kier alpha value is -1.07. The minimum absolute atomic E-state index is 0.0720. The molecule has 1 unspecified atom stereocenters. The first-order valence-corrected chi connectivity index (χ1v) is 8.23. The highest BCUT2D eigenvalue weighted by molar-refractivity contribution is 7.89. The third-order valence-electron chi connectivity index (χ3n) is 3.05. The molecule has 1 aromatic carbocycles. The predicted octanol–water partition coefficient (Wildman–Crippen LogP) is 2.82. The summed E-state index contributed by atoms with van der Waals surface area (Å²) in [5.41, 5.74) is 7.04. The Balaban J connectivity index is 2.75. The van der Waals surface area contributed by atoms with E-state index in [1.54, 1.807) is 18.2 Å². The van der Waals surface area contributed by atoms with Gasteiger partial charge in [0, 0.05) is 6.04 Å². The second-order valence-corrected chi connectivity index (χ2v) is 6.74. The van der Waals surface area contributed by atoms with Crippen LogP contribution in [0.3, 0.4) is 0 Å². The smallest absolute Gasteiger partial charge is 0.242 e. The summed E-state index contributed by atoms with van der Waals surface area (Å²) >= 11 is 0. The first kappa shape index (κ1) is 16.0.